The number of aromatic nitrogens is 2. The maximum atomic E-state index is 15.3. The van der Waals surface area contributed by atoms with Crippen LogP contribution in [0.4, 0.5) is 22.4 Å². The highest BCUT2D eigenvalue weighted by Gasteiger charge is 2.43. The summed E-state index contributed by atoms with van der Waals surface area (Å²) in [6.45, 7) is -0.485. The summed E-state index contributed by atoms with van der Waals surface area (Å²) in [7, 11) is 0. The third kappa shape index (κ3) is 4.68. The topological polar surface area (TPSA) is 123 Å². The Morgan fingerprint density at radius 1 is 1.26 bits per heavy atom. The monoisotopic (exact) mass is 557 g/mol. The molecular weight excluding hydrogens is 538 g/mol. The molecule has 1 atom stereocenters. The number of amides is 4. The molecule has 1 saturated carbocycles. The van der Waals surface area contributed by atoms with Crippen LogP contribution < -0.4 is 10.6 Å². The Morgan fingerprint density at radius 2 is 2.00 bits per heavy atom. The van der Waals surface area contributed by atoms with Gasteiger partial charge in [0.15, 0.2) is 0 Å². The lowest BCUT2D eigenvalue weighted by Gasteiger charge is -2.36. The van der Waals surface area contributed by atoms with E-state index in [0.29, 0.717) is 0 Å². The molecule has 202 valence electrons. The Morgan fingerprint density at radius 3 is 2.68 bits per heavy atom. The van der Waals surface area contributed by atoms with Gasteiger partial charge in [-0.3, -0.25) is 19.7 Å². The Bertz CT molecular complexity index is 1340. The second kappa shape index (κ2) is 9.57. The van der Waals surface area contributed by atoms with Gasteiger partial charge in [0, 0.05) is 66.9 Å². The maximum Gasteiger partial charge on any atom is 0.449 e. The molecule has 2 aromatic rings. The van der Waals surface area contributed by atoms with Crippen molar-refractivity contribution in [2.75, 3.05) is 0 Å². The van der Waals surface area contributed by atoms with Crippen LogP contribution in [0.15, 0.2) is 18.5 Å². The van der Waals surface area contributed by atoms with E-state index in [2.05, 4.69) is 15.6 Å². The molecule has 0 spiro atoms. The second-order valence-corrected chi connectivity index (χ2v) is 9.65. The van der Waals surface area contributed by atoms with Gasteiger partial charge in [-0.25, -0.2) is 14.2 Å². The Balaban J connectivity index is 1.19. The highest BCUT2D eigenvalue weighted by atomic mass is 35.5. The van der Waals surface area contributed by atoms with Gasteiger partial charge in [0.2, 0.25) is 17.6 Å². The van der Waals surface area contributed by atoms with Gasteiger partial charge in [-0.05, 0) is 12.5 Å². The highest BCUT2D eigenvalue weighted by Crippen LogP contribution is 2.39. The van der Waals surface area contributed by atoms with Crippen molar-refractivity contribution in [2.24, 2.45) is 0 Å². The number of hydrogen-bond donors (Lipinski definition) is 2. The molecule has 2 fully saturated rings. The summed E-state index contributed by atoms with van der Waals surface area (Å²) in [5.41, 5.74) is -0.206. The number of carbonyl (C=O) groups excluding carboxylic acids is 4. The van der Waals surface area contributed by atoms with Gasteiger partial charge in [-0.2, -0.15) is 13.2 Å². The molecule has 1 aliphatic carbocycles. The molecule has 3 aliphatic rings. The van der Waals surface area contributed by atoms with Gasteiger partial charge < -0.3 is 19.5 Å². The maximum absolute atomic E-state index is 15.3. The zero-order valence-electron chi connectivity index (χ0n) is 19.5. The number of alkyl halides is 3. The van der Waals surface area contributed by atoms with Crippen molar-refractivity contribution in [3.8, 4) is 0 Å². The number of piperidine rings is 1. The first-order valence-electron chi connectivity index (χ1n) is 11.6. The Kier molecular flexibility index (Phi) is 6.53. The van der Waals surface area contributed by atoms with E-state index in [-0.39, 0.29) is 60.5 Å². The minimum absolute atomic E-state index is 0.0393. The minimum Gasteiger partial charge on any atom is -0.446 e. The number of fused-ring (bicyclic) bond motifs is 1. The number of rotatable bonds is 5. The molecule has 2 aliphatic heterocycles. The van der Waals surface area contributed by atoms with Crippen LogP contribution in [0.5, 0.6) is 0 Å². The molecule has 1 aromatic heterocycles. The van der Waals surface area contributed by atoms with E-state index in [1.165, 1.54) is 12.3 Å². The first-order chi connectivity index (χ1) is 17.9. The van der Waals surface area contributed by atoms with Crippen LogP contribution in [0.2, 0.25) is 5.02 Å². The number of halogens is 5. The molecule has 5 rings (SSSR count). The van der Waals surface area contributed by atoms with Gasteiger partial charge in [0.25, 0.3) is 5.91 Å². The zero-order chi connectivity index (χ0) is 27.4. The SMILES string of the molecule is O=C1CC[C@@H](N2Cc3c(Cl)cc(CNC(=O)OC4CC(n5ccnc5C(F)(F)F)C4)c(F)c3C2=O)C(=O)N1. The van der Waals surface area contributed by atoms with E-state index < -0.39 is 59.8 Å². The van der Waals surface area contributed by atoms with Crippen molar-refractivity contribution in [1.29, 1.82) is 0 Å². The number of carbonyl (C=O) groups is 4. The van der Waals surface area contributed by atoms with E-state index >= 15 is 4.39 Å². The number of imidazole rings is 1. The fraction of sp³-hybridized carbons (Fsp3) is 0.435. The molecule has 1 saturated heterocycles. The van der Waals surface area contributed by atoms with E-state index in [4.69, 9.17) is 16.3 Å². The van der Waals surface area contributed by atoms with Gasteiger partial charge >= 0.3 is 12.3 Å². The number of nitrogens with zero attached hydrogens (tertiary/aromatic N) is 3. The fourth-order valence-electron chi connectivity index (χ4n) is 4.89. The molecule has 15 heteroatoms. The summed E-state index contributed by atoms with van der Waals surface area (Å²) in [6.07, 6.45) is -3.45. The summed E-state index contributed by atoms with van der Waals surface area (Å²) < 4.78 is 60.5. The fourth-order valence-corrected chi connectivity index (χ4v) is 5.17. The largest absolute Gasteiger partial charge is 0.449 e. The summed E-state index contributed by atoms with van der Waals surface area (Å²) >= 11 is 6.29. The molecule has 38 heavy (non-hydrogen) atoms. The van der Waals surface area contributed by atoms with Crippen molar-refractivity contribution in [3.05, 3.63) is 51.8 Å². The summed E-state index contributed by atoms with van der Waals surface area (Å²) in [5, 5.41) is 4.58. The van der Waals surface area contributed by atoms with Crippen molar-refractivity contribution in [3.63, 3.8) is 0 Å². The summed E-state index contributed by atoms with van der Waals surface area (Å²) in [6, 6.07) is -0.215. The predicted octanol–water partition coefficient (Wildman–Crippen LogP) is 3.09. The van der Waals surface area contributed by atoms with Crippen molar-refractivity contribution in [1.82, 2.24) is 25.1 Å². The van der Waals surface area contributed by atoms with Crippen LogP contribution in [0.25, 0.3) is 0 Å². The van der Waals surface area contributed by atoms with Gasteiger partial charge in [-0.1, -0.05) is 11.6 Å². The number of imide groups is 1. The summed E-state index contributed by atoms with van der Waals surface area (Å²) in [5.74, 6) is -3.79. The molecule has 0 unspecified atom stereocenters. The third-order valence-corrected chi connectivity index (χ3v) is 7.20. The first-order valence-corrected chi connectivity index (χ1v) is 12.0. The lowest BCUT2D eigenvalue weighted by atomic mass is 9.89. The van der Waals surface area contributed by atoms with Crippen LogP contribution in [0.1, 0.15) is 59.0 Å². The number of hydrogen-bond acceptors (Lipinski definition) is 6. The number of ether oxygens (including phenoxy) is 1. The average Bonchev–Trinajstić information content (AvgIpc) is 3.43. The van der Waals surface area contributed by atoms with Crippen LogP contribution >= 0.6 is 11.6 Å². The highest BCUT2D eigenvalue weighted by molar-refractivity contribution is 6.32. The van der Waals surface area contributed by atoms with Crippen LogP contribution in [-0.2, 0) is 33.6 Å². The minimum atomic E-state index is -4.60. The second-order valence-electron chi connectivity index (χ2n) is 9.25. The quantitative estimate of drug-likeness (QED) is 0.430. The van der Waals surface area contributed by atoms with Crippen molar-refractivity contribution < 1.29 is 41.5 Å². The van der Waals surface area contributed by atoms with E-state index in [9.17, 15) is 32.3 Å². The van der Waals surface area contributed by atoms with Crippen molar-refractivity contribution in [2.45, 2.75) is 63.1 Å². The number of benzene rings is 1. The zero-order valence-corrected chi connectivity index (χ0v) is 20.2. The molecule has 1 aromatic carbocycles. The number of nitrogens with one attached hydrogen (secondary N) is 2. The number of alkyl carbamates (subject to hydrolysis) is 1. The third-order valence-electron chi connectivity index (χ3n) is 6.86. The average molecular weight is 558 g/mol. The normalized spacial score (nSPS) is 23.1. The first kappa shape index (κ1) is 25.9. The standard InChI is InChI=1S/C23H20ClF4N5O5/c24-14-5-10(18(25)17-13(14)9-33(20(17)36)15-1-2-16(34)31-19(15)35)8-30-22(37)38-12-6-11(7-12)32-4-3-29-21(32)23(26,27)28/h3-5,11-12,15H,1-2,6-9H2,(H,30,37)(H,31,34,35)/t11?,12?,15-/m1/s1. The lowest BCUT2D eigenvalue weighted by molar-refractivity contribution is -0.149. The van der Waals surface area contributed by atoms with E-state index in [0.717, 1.165) is 15.7 Å². The molecule has 10 nitrogen and oxygen atoms in total. The van der Waals surface area contributed by atoms with Crippen LogP contribution in [0.3, 0.4) is 0 Å². The lowest BCUT2D eigenvalue weighted by Crippen LogP contribution is -2.52. The predicted molar refractivity (Wildman–Crippen MR) is 120 cm³/mol. The smallest absolute Gasteiger partial charge is 0.446 e. The molecular formula is C23H20ClF4N5O5. The van der Waals surface area contributed by atoms with Gasteiger partial charge in [0.05, 0.1) is 5.56 Å². The Hall–Kier alpha value is -3.68. The van der Waals surface area contributed by atoms with Crippen LogP contribution in [0, 0.1) is 5.82 Å². The molecule has 4 amide bonds. The summed E-state index contributed by atoms with van der Waals surface area (Å²) in [4.78, 5) is 53.3. The van der Waals surface area contributed by atoms with Crippen LogP contribution in [-0.4, -0.2) is 50.4 Å². The molecule has 2 N–H and O–H groups in total. The Labute approximate surface area is 217 Å². The molecule has 3 heterocycles. The van der Waals surface area contributed by atoms with E-state index in [1.807, 2.05) is 0 Å². The molecule has 0 radical (unpaired) electrons. The van der Waals surface area contributed by atoms with Crippen molar-refractivity contribution >= 4 is 35.4 Å². The van der Waals surface area contributed by atoms with E-state index in [1.54, 1.807) is 0 Å². The molecule has 0 bridgehead atoms. The van der Waals surface area contributed by atoms with Gasteiger partial charge in [0.1, 0.15) is 18.0 Å². The van der Waals surface area contributed by atoms with Gasteiger partial charge in [-0.15, -0.1) is 0 Å².